The van der Waals surface area contributed by atoms with Crippen molar-refractivity contribution in [1.82, 2.24) is 9.97 Å². The van der Waals surface area contributed by atoms with E-state index >= 15 is 0 Å². The molecule has 0 bridgehead atoms. The number of hydrogen-bond acceptors (Lipinski definition) is 3. The Morgan fingerprint density at radius 1 is 0.947 bits per heavy atom. The van der Waals surface area contributed by atoms with Crippen LogP contribution in [-0.4, -0.2) is 9.97 Å². The number of hydrogen-bond donors (Lipinski definition) is 1. The van der Waals surface area contributed by atoms with Crippen LogP contribution in [0, 0.1) is 13.8 Å². The lowest BCUT2D eigenvalue weighted by atomic mass is 9.87. The van der Waals surface area contributed by atoms with Gasteiger partial charge in [-0.05, 0) is 24.8 Å². The number of benzene rings is 1. The third-order valence-corrected chi connectivity index (χ3v) is 3.44. The first-order valence-electron chi connectivity index (χ1n) is 6.50. The minimum Gasteiger partial charge on any atom is -0.383 e. The molecule has 3 heteroatoms. The van der Waals surface area contributed by atoms with Crippen LogP contribution in [0.5, 0.6) is 0 Å². The third-order valence-electron chi connectivity index (χ3n) is 3.44. The number of anilines is 1. The van der Waals surface area contributed by atoms with Gasteiger partial charge in [-0.25, -0.2) is 9.97 Å². The van der Waals surface area contributed by atoms with Crippen molar-refractivity contribution in [3.05, 3.63) is 41.1 Å². The van der Waals surface area contributed by atoms with Gasteiger partial charge >= 0.3 is 0 Å². The van der Waals surface area contributed by atoms with E-state index in [4.69, 9.17) is 5.73 Å². The van der Waals surface area contributed by atoms with E-state index in [-0.39, 0.29) is 5.41 Å². The van der Waals surface area contributed by atoms with Crippen molar-refractivity contribution in [3.8, 4) is 11.4 Å². The van der Waals surface area contributed by atoms with Gasteiger partial charge in [0, 0.05) is 16.8 Å². The maximum absolute atomic E-state index is 5.91. The number of nitrogen functional groups attached to an aromatic ring is 1. The smallest absolute Gasteiger partial charge is 0.161 e. The highest BCUT2D eigenvalue weighted by Gasteiger charge is 2.14. The van der Waals surface area contributed by atoms with Gasteiger partial charge in [0.1, 0.15) is 5.82 Å². The summed E-state index contributed by atoms with van der Waals surface area (Å²) in [5.74, 6) is 1.25. The van der Waals surface area contributed by atoms with Gasteiger partial charge in [-0.2, -0.15) is 0 Å². The van der Waals surface area contributed by atoms with Crippen molar-refractivity contribution >= 4 is 5.82 Å². The summed E-state index contributed by atoms with van der Waals surface area (Å²) in [5, 5.41) is 0. The Morgan fingerprint density at radius 3 is 2.00 bits per heavy atom. The van der Waals surface area contributed by atoms with E-state index in [9.17, 15) is 0 Å². The van der Waals surface area contributed by atoms with Crippen molar-refractivity contribution in [3.63, 3.8) is 0 Å². The van der Waals surface area contributed by atoms with E-state index in [0.29, 0.717) is 11.6 Å². The van der Waals surface area contributed by atoms with Crippen molar-refractivity contribution in [2.45, 2.75) is 40.0 Å². The molecule has 2 aromatic rings. The van der Waals surface area contributed by atoms with Crippen molar-refractivity contribution in [2.24, 2.45) is 0 Å². The molecule has 0 atom stereocenters. The summed E-state index contributed by atoms with van der Waals surface area (Å²) < 4.78 is 0. The van der Waals surface area contributed by atoms with E-state index < -0.39 is 0 Å². The number of aryl methyl sites for hydroxylation is 1. The minimum atomic E-state index is 0.154. The Balaban J connectivity index is 2.43. The first-order valence-corrected chi connectivity index (χ1v) is 6.50. The lowest BCUT2D eigenvalue weighted by Crippen LogP contribution is -2.10. The average Bonchev–Trinajstić information content (AvgIpc) is 2.34. The topological polar surface area (TPSA) is 51.8 Å². The van der Waals surface area contributed by atoms with Crippen LogP contribution in [0.4, 0.5) is 5.82 Å². The Kier molecular flexibility index (Phi) is 3.31. The molecule has 0 amide bonds. The van der Waals surface area contributed by atoms with Crippen LogP contribution in [-0.2, 0) is 5.41 Å². The predicted molar refractivity (Wildman–Crippen MR) is 80.1 cm³/mol. The molecule has 0 spiro atoms. The molecule has 0 radical (unpaired) electrons. The molecule has 0 aliphatic rings. The van der Waals surface area contributed by atoms with E-state index in [1.165, 1.54) is 5.56 Å². The molecule has 0 unspecified atom stereocenters. The highest BCUT2D eigenvalue weighted by Crippen LogP contribution is 2.25. The lowest BCUT2D eigenvalue weighted by Gasteiger charge is -2.19. The van der Waals surface area contributed by atoms with Crippen molar-refractivity contribution in [2.75, 3.05) is 5.73 Å². The summed E-state index contributed by atoms with van der Waals surface area (Å²) >= 11 is 0. The van der Waals surface area contributed by atoms with Crippen LogP contribution in [0.2, 0.25) is 0 Å². The summed E-state index contributed by atoms with van der Waals surface area (Å²) in [6, 6.07) is 8.38. The molecule has 2 rings (SSSR count). The predicted octanol–water partition coefficient (Wildman–Crippen LogP) is 3.64. The zero-order valence-electron chi connectivity index (χ0n) is 12.3. The molecule has 2 N–H and O–H groups in total. The van der Waals surface area contributed by atoms with Gasteiger partial charge in [-0.1, -0.05) is 45.0 Å². The van der Waals surface area contributed by atoms with Gasteiger partial charge in [0.05, 0.1) is 0 Å². The standard InChI is InChI=1S/C16H21N3/c1-10-11(2)18-15(19-14(10)17)12-6-8-13(9-7-12)16(3,4)5/h6-9H,1-5H3,(H2,17,18,19). The SMILES string of the molecule is Cc1nc(-c2ccc(C(C)(C)C)cc2)nc(N)c1C. The van der Waals surface area contributed by atoms with Crippen molar-refractivity contribution < 1.29 is 0 Å². The van der Waals surface area contributed by atoms with E-state index in [0.717, 1.165) is 16.8 Å². The number of nitrogens with zero attached hydrogens (tertiary/aromatic N) is 2. The fraction of sp³-hybridized carbons (Fsp3) is 0.375. The van der Waals surface area contributed by atoms with Crippen LogP contribution in [0.3, 0.4) is 0 Å². The van der Waals surface area contributed by atoms with Gasteiger partial charge in [-0.15, -0.1) is 0 Å². The number of rotatable bonds is 1. The first-order chi connectivity index (χ1) is 8.79. The molecule has 1 aromatic heterocycles. The monoisotopic (exact) mass is 255 g/mol. The van der Waals surface area contributed by atoms with Crippen molar-refractivity contribution in [1.29, 1.82) is 0 Å². The third kappa shape index (κ3) is 2.75. The Hall–Kier alpha value is -1.90. The lowest BCUT2D eigenvalue weighted by molar-refractivity contribution is 0.590. The molecule has 0 aliphatic heterocycles. The fourth-order valence-corrected chi connectivity index (χ4v) is 1.90. The fourth-order valence-electron chi connectivity index (χ4n) is 1.90. The Morgan fingerprint density at radius 2 is 1.53 bits per heavy atom. The summed E-state index contributed by atoms with van der Waals surface area (Å²) in [5.41, 5.74) is 10.2. The molecule has 0 saturated heterocycles. The molecule has 0 fully saturated rings. The quantitative estimate of drug-likeness (QED) is 0.846. The maximum atomic E-state index is 5.91. The summed E-state index contributed by atoms with van der Waals surface area (Å²) in [6.45, 7) is 10.5. The second-order valence-corrected chi connectivity index (χ2v) is 5.97. The Labute approximate surface area is 114 Å². The molecule has 19 heavy (non-hydrogen) atoms. The summed E-state index contributed by atoms with van der Waals surface area (Å²) in [7, 11) is 0. The number of aromatic nitrogens is 2. The largest absolute Gasteiger partial charge is 0.383 e. The molecule has 1 aromatic carbocycles. The van der Waals surface area contributed by atoms with E-state index in [2.05, 4.69) is 55.0 Å². The van der Waals surface area contributed by atoms with Gasteiger partial charge in [-0.3, -0.25) is 0 Å². The second-order valence-electron chi connectivity index (χ2n) is 5.97. The van der Waals surface area contributed by atoms with Gasteiger partial charge in [0.25, 0.3) is 0 Å². The second kappa shape index (κ2) is 4.65. The van der Waals surface area contributed by atoms with Crippen LogP contribution < -0.4 is 5.73 Å². The van der Waals surface area contributed by atoms with E-state index in [1.54, 1.807) is 0 Å². The molecular weight excluding hydrogens is 234 g/mol. The average molecular weight is 255 g/mol. The molecule has 0 aliphatic carbocycles. The Bertz CT molecular complexity index is 569. The van der Waals surface area contributed by atoms with Crippen LogP contribution in [0.25, 0.3) is 11.4 Å². The first kappa shape index (κ1) is 13.5. The maximum Gasteiger partial charge on any atom is 0.161 e. The zero-order chi connectivity index (χ0) is 14.2. The summed E-state index contributed by atoms with van der Waals surface area (Å²) in [6.07, 6.45) is 0. The molecule has 3 nitrogen and oxygen atoms in total. The van der Waals surface area contributed by atoms with Crippen LogP contribution in [0.1, 0.15) is 37.6 Å². The summed E-state index contributed by atoms with van der Waals surface area (Å²) in [4.78, 5) is 8.87. The molecule has 0 saturated carbocycles. The van der Waals surface area contributed by atoms with Crippen LogP contribution >= 0.6 is 0 Å². The van der Waals surface area contributed by atoms with Gasteiger partial charge in [0.15, 0.2) is 5.82 Å². The highest BCUT2D eigenvalue weighted by molar-refractivity contribution is 5.59. The molecule has 1 heterocycles. The van der Waals surface area contributed by atoms with Crippen LogP contribution in [0.15, 0.2) is 24.3 Å². The van der Waals surface area contributed by atoms with Gasteiger partial charge < -0.3 is 5.73 Å². The molecule has 100 valence electrons. The normalized spacial score (nSPS) is 11.6. The minimum absolute atomic E-state index is 0.154. The van der Waals surface area contributed by atoms with E-state index in [1.807, 2.05) is 13.8 Å². The number of nitrogens with two attached hydrogens (primary N) is 1. The zero-order valence-corrected chi connectivity index (χ0v) is 12.3. The molecular formula is C16H21N3. The van der Waals surface area contributed by atoms with Gasteiger partial charge in [0.2, 0.25) is 0 Å². The highest BCUT2D eigenvalue weighted by atomic mass is 15.0.